The number of nitrogens with one attached hydrogen (secondary N) is 1. The first-order valence-corrected chi connectivity index (χ1v) is 4.63. The molecule has 0 aliphatic heterocycles. The van der Waals surface area contributed by atoms with E-state index in [1.165, 1.54) is 0 Å². The summed E-state index contributed by atoms with van der Waals surface area (Å²) in [6.45, 7) is 0.677. The minimum atomic E-state index is -0.865. The van der Waals surface area contributed by atoms with E-state index in [1.807, 2.05) is 7.05 Å². The van der Waals surface area contributed by atoms with E-state index < -0.39 is 12.2 Å². The van der Waals surface area contributed by atoms with Crippen LogP contribution in [0.2, 0.25) is 0 Å². The highest BCUT2D eigenvalue weighted by atomic mass is 16.3. The second-order valence-electron chi connectivity index (χ2n) is 3.33. The highest BCUT2D eigenvalue weighted by Gasteiger charge is 2.20. The molecule has 0 bridgehead atoms. The van der Waals surface area contributed by atoms with E-state index in [2.05, 4.69) is 10.3 Å². The van der Waals surface area contributed by atoms with Gasteiger partial charge in [-0.25, -0.2) is 4.98 Å². The second kappa shape index (κ2) is 5.09. The zero-order chi connectivity index (χ0) is 10.6. The number of hydrogen-bond acceptors (Lipinski definition) is 4. The van der Waals surface area contributed by atoms with E-state index in [0.29, 0.717) is 18.7 Å². The van der Waals surface area contributed by atoms with Crippen LogP contribution in [0, 0.1) is 0 Å². The van der Waals surface area contributed by atoms with Gasteiger partial charge in [-0.15, -0.1) is 0 Å². The predicted molar refractivity (Wildman–Crippen MR) is 52.7 cm³/mol. The first kappa shape index (κ1) is 11.2. The van der Waals surface area contributed by atoms with Gasteiger partial charge in [-0.05, 0) is 20.0 Å². The SMILES string of the molecule is CNCCC(O)C(O)c1cncn1C. The summed E-state index contributed by atoms with van der Waals surface area (Å²) < 4.78 is 1.70. The molecule has 0 aliphatic carbocycles. The standard InChI is InChI=1S/C9H17N3O2/c1-10-4-3-8(13)9(14)7-5-11-6-12(7)2/h5-6,8-10,13-14H,3-4H2,1-2H3. The Morgan fingerprint density at radius 3 is 2.79 bits per heavy atom. The van der Waals surface area contributed by atoms with Gasteiger partial charge in [0.05, 0.1) is 24.3 Å². The fraction of sp³-hybridized carbons (Fsp3) is 0.667. The Bertz CT molecular complexity index is 275. The van der Waals surface area contributed by atoms with Crippen molar-refractivity contribution < 1.29 is 10.2 Å². The summed E-state index contributed by atoms with van der Waals surface area (Å²) in [7, 11) is 3.60. The lowest BCUT2D eigenvalue weighted by Gasteiger charge is -2.17. The van der Waals surface area contributed by atoms with Gasteiger partial charge in [0.25, 0.3) is 0 Å². The van der Waals surface area contributed by atoms with Gasteiger partial charge < -0.3 is 20.1 Å². The quantitative estimate of drug-likeness (QED) is 0.593. The van der Waals surface area contributed by atoms with Crippen molar-refractivity contribution in [3.63, 3.8) is 0 Å². The lowest BCUT2D eigenvalue weighted by atomic mass is 10.1. The summed E-state index contributed by atoms with van der Waals surface area (Å²) in [6, 6.07) is 0. The van der Waals surface area contributed by atoms with Gasteiger partial charge in [0.15, 0.2) is 0 Å². The van der Waals surface area contributed by atoms with Gasteiger partial charge in [0, 0.05) is 7.05 Å². The van der Waals surface area contributed by atoms with Crippen LogP contribution in [-0.2, 0) is 7.05 Å². The lowest BCUT2D eigenvalue weighted by molar-refractivity contribution is 0.00991. The van der Waals surface area contributed by atoms with E-state index in [1.54, 1.807) is 24.1 Å². The van der Waals surface area contributed by atoms with Crippen molar-refractivity contribution in [3.05, 3.63) is 18.2 Å². The van der Waals surface area contributed by atoms with Crippen LogP contribution in [0.1, 0.15) is 18.2 Å². The van der Waals surface area contributed by atoms with Crippen molar-refractivity contribution in [2.24, 2.45) is 7.05 Å². The third-order valence-corrected chi connectivity index (χ3v) is 2.21. The first-order chi connectivity index (χ1) is 6.66. The van der Waals surface area contributed by atoms with E-state index >= 15 is 0 Å². The molecule has 0 aromatic carbocycles. The molecule has 1 rings (SSSR count). The summed E-state index contributed by atoms with van der Waals surface area (Å²) >= 11 is 0. The minimum Gasteiger partial charge on any atom is -0.390 e. The Morgan fingerprint density at radius 2 is 2.29 bits per heavy atom. The predicted octanol–water partition coefficient (Wildman–Crippen LogP) is -0.576. The molecule has 5 heteroatoms. The molecular weight excluding hydrogens is 182 g/mol. The average molecular weight is 199 g/mol. The molecule has 1 aromatic rings. The summed E-state index contributed by atoms with van der Waals surface area (Å²) in [6.07, 6.45) is 2.06. The summed E-state index contributed by atoms with van der Waals surface area (Å²) in [5.41, 5.74) is 0.633. The van der Waals surface area contributed by atoms with Crippen LogP contribution in [0.4, 0.5) is 0 Å². The Kier molecular flexibility index (Phi) is 4.06. The zero-order valence-corrected chi connectivity index (χ0v) is 8.51. The van der Waals surface area contributed by atoms with Crippen LogP contribution in [0.5, 0.6) is 0 Å². The Hall–Kier alpha value is -0.910. The van der Waals surface area contributed by atoms with Crippen LogP contribution < -0.4 is 5.32 Å². The molecule has 0 amide bonds. The van der Waals surface area contributed by atoms with Crippen LogP contribution >= 0.6 is 0 Å². The molecule has 1 aromatic heterocycles. The third-order valence-electron chi connectivity index (χ3n) is 2.21. The third kappa shape index (κ3) is 2.54. The fourth-order valence-electron chi connectivity index (χ4n) is 1.30. The molecule has 3 N–H and O–H groups in total. The maximum Gasteiger partial charge on any atom is 0.121 e. The highest BCUT2D eigenvalue weighted by molar-refractivity contribution is 5.03. The number of rotatable bonds is 5. The molecule has 0 spiro atoms. The monoisotopic (exact) mass is 199 g/mol. The maximum atomic E-state index is 9.75. The van der Waals surface area contributed by atoms with E-state index in [0.717, 1.165) is 0 Å². The normalized spacial score (nSPS) is 15.4. The second-order valence-corrected chi connectivity index (χ2v) is 3.33. The molecule has 14 heavy (non-hydrogen) atoms. The van der Waals surface area contributed by atoms with Crippen molar-refractivity contribution in [1.29, 1.82) is 0 Å². The largest absolute Gasteiger partial charge is 0.390 e. The lowest BCUT2D eigenvalue weighted by Crippen LogP contribution is -2.24. The van der Waals surface area contributed by atoms with E-state index in [-0.39, 0.29) is 0 Å². The summed E-state index contributed by atoms with van der Waals surface area (Å²) in [4.78, 5) is 3.88. The molecule has 2 atom stereocenters. The van der Waals surface area contributed by atoms with Crippen LogP contribution in [0.3, 0.4) is 0 Å². The topological polar surface area (TPSA) is 70.3 Å². The Morgan fingerprint density at radius 1 is 1.57 bits per heavy atom. The number of nitrogens with zero attached hydrogens (tertiary/aromatic N) is 2. The smallest absolute Gasteiger partial charge is 0.121 e. The van der Waals surface area contributed by atoms with Gasteiger partial charge >= 0.3 is 0 Å². The van der Waals surface area contributed by atoms with Gasteiger partial charge in [-0.1, -0.05) is 0 Å². The molecule has 2 unspecified atom stereocenters. The first-order valence-electron chi connectivity index (χ1n) is 4.63. The van der Waals surface area contributed by atoms with Crippen molar-refractivity contribution >= 4 is 0 Å². The molecular formula is C9H17N3O2. The molecule has 0 aliphatic rings. The van der Waals surface area contributed by atoms with Crippen molar-refractivity contribution in [3.8, 4) is 0 Å². The molecule has 5 nitrogen and oxygen atoms in total. The van der Waals surface area contributed by atoms with Gasteiger partial charge in [-0.3, -0.25) is 0 Å². The molecule has 0 saturated carbocycles. The molecule has 0 radical (unpaired) electrons. The van der Waals surface area contributed by atoms with Crippen LogP contribution in [0.25, 0.3) is 0 Å². The van der Waals surface area contributed by atoms with Crippen molar-refractivity contribution in [2.75, 3.05) is 13.6 Å². The maximum absolute atomic E-state index is 9.75. The number of aryl methyl sites for hydroxylation is 1. The van der Waals surface area contributed by atoms with Crippen LogP contribution in [0.15, 0.2) is 12.5 Å². The molecule has 80 valence electrons. The van der Waals surface area contributed by atoms with Gasteiger partial charge in [-0.2, -0.15) is 0 Å². The molecule has 1 heterocycles. The van der Waals surface area contributed by atoms with Crippen molar-refractivity contribution in [1.82, 2.24) is 14.9 Å². The number of aliphatic hydroxyl groups excluding tert-OH is 2. The Labute approximate surface area is 83.4 Å². The number of aliphatic hydroxyl groups is 2. The van der Waals surface area contributed by atoms with E-state index in [4.69, 9.17) is 0 Å². The Balaban J connectivity index is 2.56. The van der Waals surface area contributed by atoms with Gasteiger partial charge in [0.2, 0.25) is 0 Å². The summed E-state index contributed by atoms with van der Waals surface area (Å²) in [5, 5.41) is 22.3. The minimum absolute atomic E-state index is 0.517. The molecule has 0 fully saturated rings. The average Bonchev–Trinajstić information content (AvgIpc) is 2.59. The molecule has 0 saturated heterocycles. The van der Waals surface area contributed by atoms with Gasteiger partial charge in [0.1, 0.15) is 6.10 Å². The van der Waals surface area contributed by atoms with E-state index in [9.17, 15) is 10.2 Å². The fourth-order valence-corrected chi connectivity index (χ4v) is 1.30. The number of aromatic nitrogens is 2. The van der Waals surface area contributed by atoms with Crippen LogP contribution in [-0.4, -0.2) is 39.5 Å². The number of hydrogen-bond donors (Lipinski definition) is 3. The summed E-state index contributed by atoms with van der Waals surface area (Å²) in [5.74, 6) is 0. The number of imidazole rings is 1. The zero-order valence-electron chi connectivity index (χ0n) is 8.51. The highest BCUT2D eigenvalue weighted by Crippen LogP contribution is 2.17. The van der Waals surface area contributed by atoms with Crippen molar-refractivity contribution in [2.45, 2.75) is 18.6 Å².